The van der Waals surface area contributed by atoms with Crippen molar-refractivity contribution in [2.24, 2.45) is 0 Å². The lowest BCUT2D eigenvalue weighted by atomic mass is 9.84. The van der Waals surface area contributed by atoms with Gasteiger partial charge >= 0.3 is 6.03 Å². The lowest BCUT2D eigenvalue weighted by Gasteiger charge is -2.33. The average molecular weight is 369 g/mol. The molecule has 0 unspecified atom stereocenters. The minimum absolute atomic E-state index is 0.276. The largest absolute Gasteiger partial charge is 0.493 e. The topological polar surface area (TPSA) is 87.7 Å². The second-order valence-electron chi connectivity index (χ2n) is 6.38. The van der Waals surface area contributed by atoms with Gasteiger partial charge in [-0.3, -0.25) is 14.5 Å². The summed E-state index contributed by atoms with van der Waals surface area (Å²) in [4.78, 5) is 38.6. The lowest BCUT2D eigenvalue weighted by Crippen LogP contribution is -2.48. The van der Waals surface area contributed by atoms with E-state index in [2.05, 4.69) is 10.6 Å². The first-order valence-corrected chi connectivity index (χ1v) is 8.41. The third-order valence-corrected chi connectivity index (χ3v) is 4.69. The van der Waals surface area contributed by atoms with Crippen LogP contribution in [-0.2, 0) is 15.1 Å². The quantitative estimate of drug-likeness (QED) is 0.810. The maximum absolute atomic E-state index is 13.0. The number of carbonyl (C=O) groups is 3. The number of amides is 4. The van der Waals surface area contributed by atoms with Crippen molar-refractivity contribution in [3.8, 4) is 5.75 Å². The number of anilines is 1. The van der Waals surface area contributed by atoms with Gasteiger partial charge in [0.25, 0.3) is 5.91 Å². The van der Waals surface area contributed by atoms with Crippen LogP contribution in [0.4, 0.5) is 14.9 Å². The third kappa shape index (κ3) is 2.88. The van der Waals surface area contributed by atoms with Crippen molar-refractivity contribution in [3.05, 3.63) is 59.9 Å². The number of hydrogen-bond acceptors (Lipinski definition) is 4. The second-order valence-corrected chi connectivity index (χ2v) is 6.38. The monoisotopic (exact) mass is 369 g/mol. The normalized spacial score (nSPS) is 20.9. The van der Waals surface area contributed by atoms with Gasteiger partial charge in [0.05, 0.1) is 6.61 Å². The van der Waals surface area contributed by atoms with E-state index in [0.29, 0.717) is 17.0 Å². The number of halogens is 1. The van der Waals surface area contributed by atoms with Crippen molar-refractivity contribution >= 4 is 23.5 Å². The molecule has 4 rings (SSSR count). The van der Waals surface area contributed by atoms with Crippen LogP contribution in [0.5, 0.6) is 5.75 Å². The summed E-state index contributed by atoms with van der Waals surface area (Å²) in [7, 11) is 0. The van der Waals surface area contributed by atoms with Crippen LogP contribution in [-0.4, -0.2) is 35.9 Å². The van der Waals surface area contributed by atoms with Crippen molar-refractivity contribution in [3.63, 3.8) is 0 Å². The summed E-state index contributed by atoms with van der Waals surface area (Å²) in [5.41, 5.74) is -0.266. The SMILES string of the molecule is O=C(CN1C(=O)N[C@]2(CCOc3ccccc32)C1=O)Nc1ccc(F)cc1. The fourth-order valence-electron chi connectivity index (χ4n) is 3.39. The first-order chi connectivity index (χ1) is 13.0. The number of fused-ring (bicyclic) bond motifs is 2. The van der Waals surface area contributed by atoms with Crippen LogP contribution in [0.2, 0.25) is 0 Å². The summed E-state index contributed by atoms with van der Waals surface area (Å²) in [5.74, 6) is -0.933. The van der Waals surface area contributed by atoms with E-state index in [-0.39, 0.29) is 13.0 Å². The molecule has 1 saturated heterocycles. The molecule has 0 aromatic heterocycles. The van der Waals surface area contributed by atoms with E-state index in [1.807, 2.05) is 0 Å². The Morgan fingerprint density at radius 1 is 1.19 bits per heavy atom. The number of rotatable bonds is 3. The van der Waals surface area contributed by atoms with Crippen LogP contribution >= 0.6 is 0 Å². The van der Waals surface area contributed by atoms with Gasteiger partial charge in [-0.1, -0.05) is 18.2 Å². The molecule has 2 aromatic carbocycles. The van der Waals surface area contributed by atoms with Gasteiger partial charge in [-0.15, -0.1) is 0 Å². The van der Waals surface area contributed by atoms with E-state index in [1.54, 1.807) is 24.3 Å². The maximum Gasteiger partial charge on any atom is 0.325 e. The molecule has 138 valence electrons. The van der Waals surface area contributed by atoms with Crippen LogP contribution in [0.1, 0.15) is 12.0 Å². The smallest absolute Gasteiger partial charge is 0.325 e. The Bertz CT molecular complexity index is 931. The zero-order valence-electron chi connectivity index (χ0n) is 14.2. The molecule has 1 fully saturated rings. The Balaban J connectivity index is 1.54. The van der Waals surface area contributed by atoms with Gasteiger partial charge in [-0.2, -0.15) is 0 Å². The van der Waals surface area contributed by atoms with E-state index in [1.165, 1.54) is 24.3 Å². The van der Waals surface area contributed by atoms with Crippen LogP contribution in [0, 0.1) is 5.82 Å². The number of nitrogens with one attached hydrogen (secondary N) is 2. The number of para-hydroxylation sites is 1. The Hall–Kier alpha value is -3.42. The van der Waals surface area contributed by atoms with Crippen molar-refractivity contribution in [1.29, 1.82) is 0 Å². The van der Waals surface area contributed by atoms with Gasteiger partial charge in [-0.25, -0.2) is 9.18 Å². The van der Waals surface area contributed by atoms with E-state index in [0.717, 1.165) is 4.90 Å². The van der Waals surface area contributed by atoms with Crippen LogP contribution in [0.15, 0.2) is 48.5 Å². The zero-order chi connectivity index (χ0) is 19.0. The maximum atomic E-state index is 13.0. The molecule has 2 N–H and O–H groups in total. The lowest BCUT2D eigenvalue weighted by molar-refractivity contribution is -0.135. The standard InChI is InChI=1S/C19H16FN3O4/c20-12-5-7-13(8-6-12)21-16(24)11-23-17(25)19(22-18(23)26)9-10-27-15-4-2-1-3-14(15)19/h1-8H,9-11H2,(H,21,24)(H,22,26)/t19-/m0/s1. The van der Waals surface area contributed by atoms with Crippen LogP contribution in [0.3, 0.4) is 0 Å². The molecule has 2 aliphatic heterocycles. The van der Waals surface area contributed by atoms with Crippen LogP contribution in [0.25, 0.3) is 0 Å². The molecule has 4 amide bonds. The minimum atomic E-state index is -1.22. The number of ether oxygens (including phenoxy) is 1. The molecule has 0 bridgehead atoms. The highest BCUT2D eigenvalue weighted by Gasteiger charge is 2.55. The second kappa shape index (κ2) is 6.39. The molecule has 7 nitrogen and oxygen atoms in total. The highest BCUT2D eigenvalue weighted by atomic mass is 19.1. The molecule has 0 saturated carbocycles. The number of hydrogen-bond donors (Lipinski definition) is 2. The summed E-state index contributed by atoms with van der Waals surface area (Å²) in [5, 5.41) is 5.27. The van der Waals surface area contributed by atoms with Gasteiger partial charge in [0, 0.05) is 17.7 Å². The highest BCUT2D eigenvalue weighted by molar-refractivity contribution is 6.10. The van der Waals surface area contributed by atoms with E-state index in [4.69, 9.17) is 4.74 Å². The van der Waals surface area contributed by atoms with Crippen molar-refractivity contribution in [2.45, 2.75) is 12.0 Å². The molecule has 2 aromatic rings. The van der Waals surface area contributed by atoms with Gasteiger partial charge in [-0.05, 0) is 30.3 Å². The first kappa shape index (κ1) is 17.0. The molecule has 2 heterocycles. The predicted molar refractivity (Wildman–Crippen MR) is 93.5 cm³/mol. The number of urea groups is 1. The van der Waals surface area contributed by atoms with Gasteiger partial charge in [0.15, 0.2) is 5.54 Å². The molecule has 0 aliphatic carbocycles. The summed E-state index contributed by atoms with van der Waals surface area (Å²) >= 11 is 0. The highest BCUT2D eigenvalue weighted by Crippen LogP contribution is 2.40. The Morgan fingerprint density at radius 3 is 2.70 bits per heavy atom. The number of benzene rings is 2. The summed E-state index contributed by atoms with van der Waals surface area (Å²) < 4.78 is 18.5. The minimum Gasteiger partial charge on any atom is -0.493 e. The fraction of sp³-hybridized carbons (Fsp3) is 0.211. The molecular weight excluding hydrogens is 353 g/mol. The summed E-state index contributed by atoms with van der Waals surface area (Å²) in [6.45, 7) is -0.161. The Kier molecular flexibility index (Phi) is 4.02. The van der Waals surface area contributed by atoms with Crippen molar-refractivity contribution < 1.29 is 23.5 Å². The van der Waals surface area contributed by atoms with Gasteiger partial charge < -0.3 is 15.4 Å². The third-order valence-electron chi connectivity index (χ3n) is 4.69. The van der Waals surface area contributed by atoms with E-state index in [9.17, 15) is 18.8 Å². The number of nitrogens with zero attached hydrogens (tertiary/aromatic N) is 1. The van der Waals surface area contributed by atoms with Gasteiger partial charge in [0.2, 0.25) is 5.91 Å². The fourth-order valence-corrected chi connectivity index (χ4v) is 3.39. The van der Waals surface area contributed by atoms with E-state index < -0.39 is 35.7 Å². The number of carbonyl (C=O) groups excluding carboxylic acids is 3. The van der Waals surface area contributed by atoms with Crippen LogP contribution < -0.4 is 15.4 Å². The number of imide groups is 1. The van der Waals surface area contributed by atoms with E-state index >= 15 is 0 Å². The van der Waals surface area contributed by atoms with Crippen molar-refractivity contribution in [1.82, 2.24) is 10.2 Å². The zero-order valence-corrected chi connectivity index (χ0v) is 14.2. The molecule has 2 aliphatic rings. The summed E-state index contributed by atoms with van der Waals surface area (Å²) in [6, 6.07) is 11.6. The predicted octanol–water partition coefficient (Wildman–Crippen LogP) is 1.99. The molecule has 0 radical (unpaired) electrons. The molecular formula is C19H16FN3O4. The van der Waals surface area contributed by atoms with Gasteiger partial charge in [0.1, 0.15) is 18.1 Å². The Labute approximate surface area is 154 Å². The average Bonchev–Trinajstić information content (AvgIpc) is 2.89. The molecule has 8 heteroatoms. The molecule has 1 spiro atoms. The summed E-state index contributed by atoms with van der Waals surface area (Å²) in [6.07, 6.45) is 0.282. The Morgan fingerprint density at radius 2 is 1.93 bits per heavy atom. The molecule has 1 atom stereocenters. The first-order valence-electron chi connectivity index (χ1n) is 8.41. The molecule has 27 heavy (non-hydrogen) atoms. The van der Waals surface area contributed by atoms with Crippen molar-refractivity contribution in [2.75, 3.05) is 18.5 Å².